The lowest BCUT2D eigenvalue weighted by Gasteiger charge is -2.18. The number of hydrogen-bond acceptors (Lipinski definition) is 5. The van der Waals surface area contributed by atoms with Crippen LogP contribution in [-0.2, 0) is 24.1 Å². The third-order valence-electron chi connectivity index (χ3n) is 5.65. The summed E-state index contributed by atoms with van der Waals surface area (Å²) in [5, 5.41) is 0. The van der Waals surface area contributed by atoms with Crippen LogP contribution < -0.4 is 0 Å². The fourth-order valence-corrected chi connectivity index (χ4v) is 4.32. The summed E-state index contributed by atoms with van der Waals surface area (Å²) in [6, 6.07) is 0. The summed E-state index contributed by atoms with van der Waals surface area (Å²) in [6.45, 7) is 6.25. The molecule has 0 aromatic rings. The van der Waals surface area contributed by atoms with Gasteiger partial charge in [-0.2, -0.15) is 8.42 Å². The molecule has 6 nitrogen and oxygen atoms in total. The van der Waals surface area contributed by atoms with E-state index in [0.29, 0.717) is 12.5 Å². The van der Waals surface area contributed by atoms with Crippen LogP contribution in [0.5, 0.6) is 0 Å². The molecule has 0 aromatic heterocycles. The minimum atomic E-state index is -4.56. The molecule has 0 saturated heterocycles. The lowest BCUT2D eigenvalue weighted by molar-refractivity contribution is -0.146. The zero-order chi connectivity index (χ0) is 23.4. The van der Waals surface area contributed by atoms with Crippen molar-refractivity contribution in [3.05, 3.63) is 0 Å². The molecular weight excluding hydrogens is 416 g/mol. The molecule has 0 radical (unpaired) electrons. The molecule has 0 amide bonds. The van der Waals surface area contributed by atoms with Gasteiger partial charge in [0.25, 0.3) is 0 Å². The van der Waals surface area contributed by atoms with Crippen molar-refractivity contribution >= 4 is 16.4 Å². The second-order valence-electron chi connectivity index (χ2n) is 8.91. The second kappa shape index (κ2) is 20.0. The number of unbranched alkanes of at least 4 members (excludes halogenated alkanes) is 12. The van der Waals surface area contributed by atoms with E-state index in [1.807, 2.05) is 0 Å². The molecule has 0 aliphatic heterocycles. The summed E-state index contributed by atoms with van der Waals surface area (Å²) in [5.41, 5.74) is 0. The highest BCUT2D eigenvalue weighted by Gasteiger charge is 2.18. The molecule has 0 saturated carbocycles. The second-order valence-corrected chi connectivity index (χ2v) is 9.96. The lowest BCUT2D eigenvalue weighted by atomic mass is 9.94. The van der Waals surface area contributed by atoms with E-state index in [1.165, 1.54) is 84.0 Å². The Balaban J connectivity index is 4.22. The third kappa shape index (κ3) is 22.3. The Kier molecular flexibility index (Phi) is 19.6. The van der Waals surface area contributed by atoms with Crippen molar-refractivity contribution in [1.29, 1.82) is 0 Å². The number of carbonyl (C=O) groups is 1. The van der Waals surface area contributed by atoms with Gasteiger partial charge in [0.1, 0.15) is 0 Å². The highest BCUT2D eigenvalue weighted by molar-refractivity contribution is 7.80. The van der Waals surface area contributed by atoms with Crippen LogP contribution >= 0.6 is 0 Å². The quantitative estimate of drug-likeness (QED) is 0.105. The predicted octanol–water partition coefficient (Wildman–Crippen LogP) is 7.03. The van der Waals surface area contributed by atoms with Crippen LogP contribution in [0.1, 0.15) is 130 Å². The molecule has 0 rings (SSSR count). The maximum absolute atomic E-state index is 12.0. The van der Waals surface area contributed by atoms with Gasteiger partial charge in [-0.15, -0.1) is 0 Å². The molecule has 186 valence electrons. The molecule has 2 unspecified atom stereocenters. The van der Waals surface area contributed by atoms with Crippen LogP contribution in [0.25, 0.3) is 0 Å². The zero-order valence-electron chi connectivity index (χ0n) is 20.3. The van der Waals surface area contributed by atoms with E-state index in [1.54, 1.807) is 0 Å². The van der Waals surface area contributed by atoms with Crippen LogP contribution in [0, 0.1) is 5.92 Å². The van der Waals surface area contributed by atoms with E-state index in [4.69, 9.17) is 9.29 Å². The molecule has 2 atom stereocenters. The van der Waals surface area contributed by atoms with Crippen LogP contribution in [0.3, 0.4) is 0 Å². The zero-order valence-corrected chi connectivity index (χ0v) is 21.1. The van der Waals surface area contributed by atoms with Gasteiger partial charge in [0.05, 0.1) is 19.1 Å². The highest BCUT2D eigenvalue weighted by atomic mass is 32.3. The summed E-state index contributed by atoms with van der Waals surface area (Å²) < 4.78 is 39.9. The van der Waals surface area contributed by atoms with Crippen molar-refractivity contribution in [3.63, 3.8) is 0 Å². The van der Waals surface area contributed by atoms with Gasteiger partial charge in [-0.05, 0) is 25.7 Å². The summed E-state index contributed by atoms with van der Waals surface area (Å²) in [4.78, 5) is 12.0. The number of rotatable bonds is 22. The van der Waals surface area contributed by atoms with Gasteiger partial charge in [-0.1, -0.05) is 104 Å². The summed E-state index contributed by atoms with van der Waals surface area (Å²) in [7, 11) is -4.56. The van der Waals surface area contributed by atoms with E-state index in [-0.39, 0.29) is 6.42 Å². The molecule has 7 heteroatoms. The van der Waals surface area contributed by atoms with Gasteiger partial charge in [0, 0.05) is 0 Å². The van der Waals surface area contributed by atoms with Crippen LogP contribution in [-0.4, -0.2) is 31.7 Å². The first-order chi connectivity index (χ1) is 14.8. The first kappa shape index (κ1) is 30.3. The fourth-order valence-electron chi connectivity index (χ4n) is 3.84. The Bertz CT molecular complexity index is 520. The van der Waals surface area contributed by atoms with Crippen LogP contribution in [0.4, 0.5) is 0 Å². The number of hydrogen-bond donors (Lipinski definition) is 1. The molecule has 0 fully saturated rings. The predicted molar refractivity (Wildman–Crippen MR) is 126 cm³/mol. The van der Waals surface area contributed by atoms with Crippen molar-refractivity contribution in [2.75, 3.05) is 6.61 Å². The van der Waals surface area contributed by atoms with Crippen molar-refractivity contribution in [3.8, 4) is 0 Å². The van der Waals surface area contributed by atoms with Crippen molar-refractivity contribution in [2.24, 2.45) is 5.92 Å². The van der Waals surface area contributed by atoms with E-state index in [2.05, 4.69) is 18.0 Å². The summed E-state index contributed by atoms with van der Waals surface area (Å²) >= 11 is 0. The van der Waals surface area contributed by atoms with Crippen molar-refractivity contribution < 1.29 is 26.7 Å². The fraction of sp³-hybridized carbons (Fsp3) is 0.958. The standard InChI is InChI=1S/C24H48O6S/c1-4-6-8-10-12-13-15-17-19-23(18-16-14-11-9-7-5-2)21-29-24(25)20-22(3)30-31(26,27)28/h22-23H,4-21H2,1-3H3,(H,26,27,28). The average Bonchev–Trinajstić information content (AvgIpc) is 2.68. The molecule has 0 bridgehead atoms. The van der Waals surface area contributed by atoms with Gasteiger partial charge < -0.3 is 4.74 Å². The van der Waals surface area contributed by atoms with Crippen molar-refractivity contribution in [2.45, 2.75) is 136 Å². The van der Waals surface area contributed by atoms with Crippen LogP contribution in [0.2, 0.25) is 0 Å². The number of carbonyl (C=O) groups excluding carboxylic acids is 1. The number of ether oxygens (including phenoxy) is 1. The molecule has 0 spiro atoms. The van der Waals surface area contributed by atoms with Gasteiger partial charge in [0.2, 0.25) is 0 Å². The lowest BCUT2D eigenvalue weighted by Crippen LogP contribution is -2.21. The molecule has 31 heavy (non-hydrogen) atoms. The van der Waals surface area contributed by atoms with E-state index < -0.39 is 22.5 Å². The normalized spacial score (nSPS) is 13.8. The molecular formula is C24H48O6S. The van der Waals surface area contributed by atoms with Gasteiger partial charge >= 0.3 is 16.4 Å². The highest BCUT2D eigenvalue weighted by Crippen LogP contribution is 2.20. The van der Waals surface area contributed by atoms with Gasteiger partial charge in [-0.25, -0.2) is 4.18 Å². The minimum Gasteiger partial charge on any atom is -0.465 e. The Morgan fingerprint density at radius 3 is 1.61 bits per heavy atom. The Morgan fingerprint density at radius 2 is 1.19 bits per heavy atom. The topological polar surface area (TPSA) is 89.9 Å². The summed E-state index contributed by atoms with van der Waals surface area (Å²) in [6.07, 6.45) is 18.7. The first-order valence-electron chi connectivity index (χ1n) is 12.6. The van der Waals surface area contributed by atoms with Gasteiger partial charge in [-0.3, -0.25) is 9.35 Å². The van der Waals surface area contributed by atoms with E-state index in [9.17, 15) is 13.2 Å². The smallest absolute Gasteiger partial charge is 0.397 e. The Morgan fingerprint density at radius 1 is 0.774 bits per heavy atom. The summed E-state index contributed by atoms with van der Waals surface area (Å²) in [5.74, 6) is -0.131. The van der Waals surface area contributed by atoms with Crippen molar-refractivity contribution in [1.82, 2.24) is 0 Å². The molecule has 0 aliphatic rings. The molecule has 1 N–H and O–H groups in total. The Hall–Kier alpha value is -0.660. The molecule has 0 aliphatic carbocycles. The average molecular weight is 465 g/mol. The number of esters is 1. The maximum Gasteiger partial charge on any atom is 0.397 e. The molecule has 0 heterocycles. The monoisotopic (exact) mass is 464 g/mol. The molecule has 0 aromatic carbocycles. The van der Waals surface area contributed by atoms with Gasteiger partial charge in [0.15, 0.2) is 0 Å². The van der Waals surface area contributed by atoms with E-state index >= 15 is 0 Å². The maximum atomic E-state index is 12.0. The SMILES string of the molecule is CCCCCCCCCCC(CCCCCCCC)COC(=O)CC(C)OS(=O)(=O)O. The third-order valence-corrected chi connectivity index (χ3v) is 6.22. The largest absolute Gasteiger partial charge is 0.465 e. The first-order valence-corrected chi connectivity index (χ1v) is 14.0. The van der Waals surface area contributed by atoms with E-state index in [0.717, 1.165) is 25.7 Å². The van der Waals surface area contributed by atoms with Crippen LogP contribution in [0.15, 0.2) is 0 Å². The minimum absolute atomic E-state index is 0.193. The Labute approximate surface area is 191 Å².